The van der Waals surface area contributed by atoms with E-state index in [9.17, 15) is 20.1 Å². The molecule has 0 fully saturated rings. The van der Waals surface area contributed by atoms with E-state index < -0.39 is 30.2 Å². The Hall–Kier alpha value is -1.69. The minimum atomic E-state index is -2.10. The Morgan fingerprint density at radius 1 is 1.19 bits per heavy atom. The van der Waals surface area contributed by atoms with E-state index in [4.69, 9.17) is 5.11 Å². The molecule has 114 valence electrons. The highest BCUT2D eigenvalue weighted by molar-refractivity contribution is 5.80. The van der Waals surface area contributed by atoms with E-state index in [0.29, 0.717) is 18.4 Å². The Kier molecular flexibility index (Phi) is 4.77. The highest BCUT2D eigenvalue weighted by atomic mass is 16.4. The number of aliphatic carboxylic acids is 1. The second kappa shape index (κ2) is 6.39. The molecule has 5 nitrogen and oxygen atoms in total. The molecule has 0 bridgehead atoms. The number of aliphatic hydroxyl groups excluding tert-OH is 2. The summed E-state index contributed by atoms with van der Waals surface area (Å²) in [7, 11) is 0. The fourth-order valence-corrected chi connectivity index (χ4v) is 2.64. The van der Waals surface area contributed by atoms with Gasteiger partial charge in [-0.25, -0.2) is 4.79 Å². The van der Waals surface area contributed by atoms with Gasteiger partial charge in [-0.15, -0.1) is 0 Å². The molecule has 1 aliphatic carbocycles. The second-order valence-corrected chi connectivity index (χ2v) is 5.50. The smallest absolute Gasteiger partial charge is 0.339 e. The van der Waals surface area contributed by atoms with Crippen molar-refractivity contribution >= 4 is 5.97 Å². The summed E-state index contributed by atoms with van der Waals surface area (Å²) in [6, 6.07) is 9.80. The van der Waals surface area contributed by atoms with Gasteiger partial charge in [-0.3, -0.25) is 0 Å². The lowest BCUT2D eigenvalue weighted by Crippen LogP contribution is -2.48. The lowest BCUT2D eigenvalue weighted by atomic mass is 9.81. The van der Waals surface area contributed by atoms with Crippen LogP contribution in [0.25, 0.3) is 0 Å². The molecule has 5 heteroatoms. The molecule has 1 unspecified atom stereocenters. The molecule has 4 N–H and O–H groups in total. The number of carboxylic acids is 1. The van der Waals surface area contributed by atoms with Crippen LogP contribution in [0.4, 0.5) is 0 Å². The van der Waals surface area contributed by atoms with Crippen LogP contribution in [0, 0.1) is 0 Å². The van der Waals surface area contributed by atoms with E-state index in [0.717, 1.165) is 12.0 Å². The van der Waals surface area contributed by atoms with E-state index in [1.165, 1.54) is 6.08 Å². The Morgan fingerprint density at radius 3 is 2.48 bits per heavy atom. The fraction of sp³-hybridized carbons (Fsp3) is 0.438. The lowest BCUT2D eigenvalue weighted by Gasteiger charge is -2.33. The van der Waals surface area contributed by atoms with Gasteiger partial charge in [-0.05, 0) is 36.5 Å². The SMILES string of the molecule is O=C(O)[C@]1(O)C=C(CCCc2ccccc2)[C@@H](O)C(O)C1. The maximum atomic E-state index is 11.1. The van der Waals surface area contributed by atoms with Crippen LogP contribution >= 0.6 is 0 Å². The summed E-state index contributed by atoms with van der Waals surface area (Å²) in [5, 5.41) is 38.7. The van der Waals surface area contributed by atoms with Crippen molar-refractivity contribution in [1.82, 2.24) is 0 Å². The van der Waals surface area contributed by atoms with E-state index in [1.807, 2.05) is 30.3 Å². The van der Waals surface area contributed by atoms with E-state index in [-0.39, 0.29) is 0 Å². The molecule has 0 spiro atoms. The van der Waals surface area contributed by atoms with Crippen LogP contribution in [-0.4, -0.2) is 44.2 Å². The predicted octanol–water partition coefficient (Wildman–Crippen LogP) is 0.877. The summed E-state index contributed by atoms with van der Waals surface area (Å²) in [6.45, 7) is 0. The van der Waals surface area contributed by atoms with Crippen LogP contribution in [0.1, 0.15) is 24.8 Å². The summed E-state index contributed by atoms with van der Waals surface area (Å²) in [4.78, 5) is 11.1. The minimum absolute atomic E-state index is 0.384. The molecule has 0 amide bonds. The third-order valence-electron chi connectivity index (χ3n) is 3.83. The fourth-order valence-electron chi connectivity index (χ4n) is 2.64. The van der Waals surface area contributed by atoms with Gasteiger partial charge in [0.05, 0.1) is 6.10 Å². The van der Waals surface area contributed by atoms with Crippen molar-refractivity contribution < 1.29 is 25.2 Å². The minimum Gasteiger partial charge on any atom is -0.479 e. The standard InChI is InChI=1S/C16H20O5/c17-13-10-16(21,15(19)20)9-12(14(13)18)8-4-7-11-5-2-1-3-6-11/h1-3,5-6,9,13-14,17-18,21H,4,7-8,10H2,(H,19,20)/t13?,14-,16+/m1/s1. The summed E-state index contributed by atoms with van der Waals surface area (Å²) >= 11 is 0. The number of hydrogen-bond donors (Lipinski definition) is 4. The molecule has 1 aliphatic rings. The van der Waals surface area contributed by atoms with Gasteiger partial charge < -0.3 is 20.4 Å². The second-order valence-electron chi connectivity index (χ2n) is 5.50. The summed E-state index contributed by atoms with van der Waals surface area (Å²) < 4.78 is 0. The van der Waals surface area contributed by atoms with Crippen LogP contribution in [0.3, 0.4) is 0 Å². The Bertz CT molecular complexity index is 525. The van der Waals surface area contributed by atoms with Crippen LogP contribution in [0.15, 0.2) is 42.0 Å². The third-order valence-corrected chi connectivity index (χ3v) is 3.83. The van der Waals surface area contributed by atoms with Crippen molar-refractivity contribution in [3.63, 3.8) is 0 Å². The Labute approximate surface area is 123 Å². The molecule has 0 aromatic heterocycles. The van der Waals surface area contributed by atoms with Gasteiger partial charge in [0, 0.05) is 6.42 Å². The van der Waals surface area contributed by atoms with Gasteiger partial charge in [-0.1, -0.05) is 30.3 Å². The van der Waals surface area contributed by atoms with Gasteiger partial charge in [-0.2, -0.15) is 0 Å². The van der Waals surface area contributed by atoms with E-state index in [2.05, 4.69) is 0 Å². The zero-order valence-electron chi connectivity index (χ0n) is 11.6. The largest absolute Gasteiger partial charge is 0.479 e. The molecule has 2 rings (SSSR count). The molecule has 21 heavy (non-hydrogen) atoms. The zero-order valence-corrected chi connectivity index (χ0v) is 11.6. The van der Waals surface area contributed by atoms with Crippen LogP contribution < -0.4 is 0 Å². The highest BCUT2D eigenvalue weighted by Crippen LogP contribution is 2.30. The van der Waals surface area contributed by atoms with Crippen LogP contribution in [0.5, 0.6) is 0 Å². The molecule has 0 aliphatic heterocycles. The zero-order chi connectivity index (χ0) is 15.5. The van der Waals surface area contributed by atoms with Gasteiger partial charge in [0.25, 0.3) is 0 Å². The predicted molar refractivity (Wildman–Crippen MR) is 76.7 cm³/mol. The van der Waals surface area contributed by atoms with Crippen molar-refractivity contribution in [3.8, 4) is 0 Å². The average Bonchev–Trinajstić information content (AvgIpc) is 2.45. The van der Waals surface area contributed by atoms with Crippen molar-refractivity contribution in [2.24, 2.45) is 0 Å². The van der Waals surface area contributed by atoms with E-state index in [1.54, 1.807) is 0 Å². The van der Waals surface area contributed by atoms with Crippen molar-refractivity contribution in [1.29, 1.82) is 0 Å². The molecular weight excluding hydrogens is 272 g/mol. The van der Waals surface area contributed by atoms with Crippen molar-refractivity contribution in [2.75, 3.05) is 0 Å². The monoisotopic (exact) mass is 292 g/mol. The van der Waals surface area contributed by atoms with Crippen LogP contribution in [0.2, 0.25) is 0 Å². The number of rotatable bonds is 5. The maximum Gasteiger partial charge on any atom is 0.339 e. The Balaban J connectivity index is 2.03. The topological polar surface area (TPSA) is 98.0 Å². The average molecular weight is 292 g/mol. The molecule has 1 aromatic rings. The van der Waals surface area contributed by atoms with Crippen molar-refractivity contribution in [3.05, 3.63) is 47.5 Å². The first-order chi connectivity index (χ1) is 9.92. The molecule has 3 atom stereocenters. The normalized spacial score (nSPS) is 29.0. The molecule has 0 radical (unpaired) electrons. The number of carbonyl (C=O) groups is 1. The number of aryl methyl sites for hydroxylation is 1. The number of hydrogen-bond acceptors (Lipinski definition) is 4. The first-order valence-corrected chi connectivity index (χ1v) is 7.00. The first-order valence-electron chi connectivity index (χ1n) is 7.00. The number of benzene rings is 1. The van der Waals surface area contributed by atoms with Gasteiger partial charge in [0.15, 0.2) is 5.60 Å². The number of carboxylic acid groups (broad SMARTS) is 1. The Morgan fingerprint density at radius 2 is 1.86 bits per heavy atom. The summed E-state index contributed by atoms with van der Waals surface area (Å²) in [5.41, 5.74) is -0.562. The molecule has 0 saturated heterocycles. The molecule has 0 saturated carbocycles. The highest BCUT2D eigenvalue weighted by Gasteiger charge is 2.43. The lowest BCUT2D eigenvalue weighted by molar-refractivity contribution is -0.158. The van der Waals surface area contributed by atoms with Gasteiger partial charge >= 0.3 is 5.97 Å². The number of aliphatic hydroxyl groups is 3. The summed E-state index contributed by atoms with van der Waals surface area (Å²) in [6.07, 6.45) is 0.330. The molecule has 0 heterocycles. The quantitative estimate of drug-likeness (QED) is 0.604. The maximum absolute atomic E-state index is 11.1. The van der Waals surface area contributed by atoms with Crippen LogP contribution in [-0.2, 0) is 11.2 Å². The summed E-state index contributed by atoms with van der Waals surface area (Å²) in [5.74, 6) is -1.41. The van der Waals surface area contributed by atoms with Gasteiger partial charge in [0.1, 0.15) is 6.10 Å². The third kappa shape index (κ3) is 3.69. The molecule has 1 aromatic carbocycles. The van der Waals surface area contributed by atoms with Crippen molar-refractivity contribution in [2.45, 2.75) is 43.5 Å². The molecular formula is C16H20O5. The first kappa shape index (κ1) is 15.7. The van der Waals surface area contributed by atoms with E-state index >= 15 is 0 Å². The van der Waals surface area contributed by atoms with Gasteiger partial charge in [0.2, 0.25) is 0 Å².